The number of nitro benzene ring substituents is 1. The number of halogens is 2. The third-order valence-electron chi connectivity index (χ3n) is 6.44. The topological polar surface area (TPSA) is 128 Å². The molecule has 2 aromatic heterocycles. The number of thiophene rings is 1. The number of Topliss-reactive ketones (excluding diaryl/α,β-unsaturated/α-hetero) is 1. The molecule has 11 nitrogen and oxygen atoms in total. The zero-order chi connectivity index (χ0) is 32.0. The van der Waals surface area contributed by atoms with Gasteiger partial charge in [0.1, 0.15) is 16.6 Å². The number of rotatable bonds is 12. The summed E-state index contributed by atoms with van der Waals surface area (Å²) in [5.41, 5.74) is 0.987. The number of non-ortho nitro benzene ring substituents is 1. The second kappa shape index (κ2) is 14.1. The quantitative estimate of drug-likeness (QED) is 0.105. The van der Waals surface area contributed by atoms with Gasteiger partial charge < -0.3 is 14.4 Å². The van der Waals surface area contributed by atoms with Gasteiger partial charge in [-0.2, -0.15) is 5.10 Å². The molecule has 0 radical (unpaired) electrons. The van der Waals surface area contributed by atoms with Gasteiger partial charge in [0, 0.05) is 35.2 Å². The number of hydrogen-bond donors (Lipinski definition) is 0. The highest BCUT2D eigenvalue weighted by atomic mass is 32.1. The maximum atomic E-state index is 14.8. The lowest BCUT2D eigenvalue weighted by Gasteiger charge is -2.23. The SMILES string of the molecule is CCOC(=O)N(Cc1c(F)cccc1F)c1sc(-c2ccc([N+](=O)[O-])cc2)c(CN(C)C)c1C(=O)Cc1ccc(OC)nn1. The van der Waals surface area contributed by atoms with Crippen LogP contribution in [-0.2, 0) is 24.2 Å². The molecule has 2 aromatic carbocycles. The maximum absolute atomic E-state index is 14.8. The molecule has 0 aliphatic heterocycles. The van der Waals surface area contributed by atoms with Gasteiger partial charge in [-0.05, 0) is 62.5 Å². The van der Waals surface area contributed by atoms with Gasteiger partial charge in [-0.3, -0.25) is 19.8 Å². The van der Waals surface area contributed by atoms with E-state index >= 15 is 0 Å². The van der Waals surface area contributed by atoms with Crippen LogP contribution in [0.2, 0.25) is 0 Å². The highest BCUT2D eigenvalue weighted by molar-refractivity contribution is 7.20. The second-order valence-corrected chi connectivity index (χ2v) is 10.8. The maximum Gasteiger partial charge on any atom is 0.415 e. The van der Waals surface area contributed by atoms with Crippen LogP contribution in [0.5, 0.6) is 5.88 Å². The van der Waals surface area contributed by atoms with Crippen molar-refractivity contribution < 1.29 is 32.8 Å². The number of nitrogens with zero attached hydrogens (tertiary/aromatic N) is 5. The van der Waals surface area contributed by atoms with Gasteiger partial charge in [-0.1, -0.05) is 6.07 Å². The molecule has 4 aromatic rings. The van der Waals surface area contributed by atoms with E-state index in [1.807, 2.05) is 4.90 Å². The summed E-state index contributed by atoms with van der Waals surface area (Å²) in [6.07, 6.45) is -1.13. The van der Waals surface area contributed by atoms with Gasteiger partial charge in [0.2, 0.25) is 5.88 Å². The Labute approximate surface area is 255 Å². The summed E-state index contributed by atoms with van der Waals surface area (Å²) < 4.78 is 40.0. The zero-order valence-corrected chi connectivity index (χ0v) is 25.2. The molecule has 4 rings (SSSR count). The van der Waals surface area contributed by atoms with Crippen molar-refractivity contribution in [2.24, 2.45) is 0 Å². The number of anilines is 1. The monoisotopic (exact) mass is 625 g/mol. The summed E-state index contributed by atoms with van der Waals surface area (Å²) >= 11 is 1.04. The normalized spacial score (nSPS) is 11.0. The lowest BCUT2D eigenvalue weighted by Crippen LogP contribution is -2.32. The Balaban J connectivity index is 1.95. The third-order valence-corrected chi connectivity index (χ3v) is 7.74. The number of hydrogen-bond acceptors (Lipinski definition) is 10. The molecule has 14 heteroatoms. The largest absolute Gasteiger partial charge is 0.480 e. The average Bonchev–Trinajstić information content (AvgIpc) is 3.35. The van der Waals surface area contributed by atoms with Crippen molar-refractivity contribution in [3.63, 3.8) is 0 Å². The Morgan fingerprint density at radius 3 is 2.20 bits per heavy atom. The van der Waals surface area contributed by atoms with E-state index in [1.165, 1.54) is 25.3 Å². The molecule has 2 heterocycles. The van der Waals surface area contributed by atoms with Gasteiger partial charge in [0.25, 0.3) is 5.69 Å². The van der Waals surface area contributed by atoms with E-state index in [-0.39, 0.29) is 47.3 Å². The van der Waals surface area contributed by atoms with Crippen LogP contribution in [0.1, 0.15) is 34.1 Å². The number of methoxy groups -OCH3 is 1. The molecule has 0 aliphatic rings. The molecule has 0 aliphatic carbocycles. The van der Waals surface area contributed by atoms with Crippen molar-refractivity contribution >= 4 is 33.9 Å². The predicted octanol–water partition coefficient (Wildman–Crippen LogP) is 6.05. The van der Waals surface area contributed by atoms with Crippen molar-refractivity contribution in [3.8, 4) is 16.3 Å². The molecule has 0 spiro atoms. The number of amides is 1. The van der Waals surface area contributed by atoms with Crippen molar-refractivity contribution in [3.05, 3.63) is 98.7 Å². The van der Waals surface area contributed by atoms with Gasteiger partial charge in [-0.25, -0.2) is 13.6 Å². The van der Waals surface area contributed by atoms with E-state index in [4.69, 9.17) is 9.47 Å². The summed E-state index contributed by atoms with van der Waals surface area (Å²) in [5, 5.41) is 19.4. The van der Waals surface area contributed by atoms with Gasteiger partial charge in [0.05, 0.1) is 42.9 Å². The summed E-state index contributed by atoms with van der Waals surface area (Å²) in [7, 11) is 5.01. The van der Waals surface area contributed by atoms with Crippen LogP contribution in [0, 0.1) is 21.7 Å². The zero-order valence-electron chi connectivity index (χ0n) is 24.4. The van der Waals surface area contributed by atoms with Crippen LogP contribution in [0.4, 0.5) is 24.3 Å². The van der Waals surface area contributed by atoms with Crippen molar-refractivity contribution in [2.45, 2.75) is 26.4 Å². The Hall–Kier alpha value is -4.82. The Kier molecular flexibility index (Phi) is 10.3. The van der Waals surface area contributed by atoms with Crippen LogP contribution in [-0.4, -0.2) is 59.7 Å². The first-order chi connectivity index (χ1) is 21.0. The van der Waals surface area contributed by atoms with E-state index in [1.54, 1.807) is 45.3 Å². The Morgan fingerprint density at radius 1 is 0.977 bits per heavy atom. The molecular formula is C30H29F2N5O6S. The lowest BCUT2D eigenvalue weighted by atomic mass is 9.99. The van der Waals surface area contributed by atoms with Crippen LogP contribution < -0.4 is 9.64 Å². The number of ketones is 1. The standard InChI is InChI=1S/C30H29F2N5O6S/c1-5-43-30(39)36(17-21-23(31)7-6-8-24(21)32)29-27(25(38)15-19-11-14-26(42-4)34-33-19)22(16-35(2)3)28(44-29)18-9-12-20(13-10-18)37(40)41/h6-14H,5,15-17H2,1-4H3. The van der Waals surface area contributed by atoms with E-state index in [0.717, 1.165) is 28.4 Å². The molecule has 0 atom stereocenters. The van der Waals surface area contributed by atoms with Crippen molar-refractivity contribution in [2.75, 3.05) is 32.7 Å². The van der Waals surface area contributed by atoms with Crippen molar-refractivity contribution in [1.29, 1.82) is 0 Å². The molecule has 44 heavy (non-hydrogen) atoms. The molecule has 0 bridgehead atoms. The summed E-state index contributed by atoms with van der Waals surface area (Å²) in [5.74, 6) is -1.93. The second-order valence-electron chi connectivity index (χ2n) is 9.78. The number of carbonyl (C=O) groups is 2. The number of nitro groups is 1. The highest BCUT2D eigenvalue weighted by Gasteiger charge is 2.32. The van der Waals surface area contributed by atoms with Crippen LogP contribution in [0.15, 0.2) is 54.6 Å². The first-order valence-electron chi connectivity index (χ1n) is 13.4. The summed E-state index contributed by atoms with van der Waals surface area (Å²) in [4.78, 5) is 41.7. The Morgan fingerprint density at radius 2 is 1.66 bits per heavy atom. The van der Waals surface area contributed by atoms with Crippen molar-refractivity contribution in [1.82, 2.24) is 15.1 Å². The summed E-state index contributed by atoms with van der Waals surface area (Å²) in [6.45, 7) is 1.21. The fraction of sp³-hybridized carbons (Fsp3) is 0.267. The molecular weight excluding hydrogens is 596 g/mol. The van der Waals surface area contributed by atoms with Crippen LogP contribution in [0.25, 0.3) is 10.4 Å². The van der Waals surface area contributed by atoms with Gasteiger partial charge >= 0.3 is 6.09 Å². The first kappa shape index (κ1) is 32.1. The fourth-order valence-electron chi connectivity index (χ4n) is 4.43. The van der Waals surface area contributed by atoms with E-state index < -0.39 is 35.0 Å². The van der Waals surface area contributed by atoms with Crippen LogP contribution in [0.3, 0.4) is 0 Å². The number of ether oxygens (including phenoxy) is 2. The van der Waals surface area contributed by atoms with E-state index in [9.17, 15) is 28.5 Å². The lowest BCUT2D eigenvalue weighted by molar-refractivity contribution is -0.384. The predicted molar refractivity (Wildman–Crippen MR) is 160 cm³/mol. The first-order valence-corrected chi connectivity index (χ1v) is 14.2. The Bertz CT molecular complexity index is 1640. The minimum Gasteiger partial charge on any atom is -0.480 e. The molecule has 0 unspecified atom stereocenters. The van der Waals surface area contributed by atoms with E-state index in [2.05, 4.69) is 10.2 Å². The molecule has 1 amide bonds. The average molecular weight is 626 g/mol. The molecule has 0 saturated carbocycles. The smallest absolute Gasteiger partial charge is 0.415 e. The third kappa shape index (κ3) is 7.21. The van der Waals surface area contributed by atoms with Crippen LogP contribution >= 0.6 is 11.3 Å². The number of carbonyl (C=O) groups excluding carboxylic acids is 2. The van der Waals surface area contributed by atoms with Gasteiger partial charge in [-0.15, -0.1) is 16.4 Å². The highest BCUT2D eigenvalue weighted by Crippen LogP contribution is 2.44. The molecule has 230 valence electrons. The number of benzene rings is 2. The molecule has 0 saturated heterocycles. The minimum absolute atomic E-state index is 0.0368. The molecule has 0 N–H and O–H groups in total. The minimum atomic E-state index is -0.915. The molecule has 0 fully saturated rings. The number of aromatic nitrogens is 2. The summed E-state index contributed by atoms with van der Waals surface area (Å²) in [6, 6.07) is 12.2. The fourth-order valence-corrected chi connectivity index (χ4v) is 5.76. The van der Waals surface area contributed by atoms with Gasteiger partial charge in [0.15, 0.2) is 5.78 Å². The van der Waals surface area contributed by atoms with E-state index in [0.29, 0.717) is 21.7 Å².